The highest BCUT2D eigenvalue weighted by Gasteiger charge is 2.43. The number of aromatic nitrogens is 4. The minimum Gasteiger partial charge on any atom is -0.497 e. The fourth-order valence-corrected chi connectivity index (χ4v) is 5.17. The third kappa shape index (κ3) is 3.77. The van der Waals surface area contributed by atoms with Crippen molar-refractivity contribution in [1.82, 2.24) is 19.6 Å². The molecule has 1 aliphatic carbocycles. The molecule has 0 radical (unpaired) electrons. The van der Waals surface area contributed by atoms with Gasteiger partial charge in [-0.1, -0.05) is 56.3 Å². The van der Waals surface area contributed by atoms with Gasteiger partial charge < -0.3 is 9.47 Å². The highest BCUT2D eigenvalue weighted by molar-refractivity contribution is 6.00. The van der Waals surface area contributed by atoms with Crippen LogP contribution in [0.5, 0.6) is 11.6 Å². The summed E-state index contributed by atoms with van der Waals surface area (Å²) in [6.07, 6.45) is 3.40. The van der Waals surface area contributed by atoms with Crippen LogP contribution in [0.25, 0.3) is 5.65 Å². The Morgan fingerprint density at radius 3 is 2.60 bits per heavy atom. The number of benzene rings is 2. The van der Waals surface area contributed by atoms with Gasteiger partial charge in [0.25, 0.3) is 0 Å². The van der Waals surface area contributed by atoms with Crippen LogP contribution in [-0.4, -0.2) is 32.5 Å². The molecule has 3 heterocycles. The maximum atomic E-state index is 13.5. The van der Waals surface area contributed by atoms with Crippen LogP contribution in [0.1, 0.15) is 55.1 Å². The van der Waals surface area contributed by atoms with Crippen molar-refractivity contribution in [3.63, 3.8) is 0 Å². The number of hydrogen-bond acceptors (Lipinski definition) is 6. The average molecular weight is 467 g/mol. The summed E-state index contributed by atoms with van der Waals surface area (Å²) in [4.78, 5) is 23.0. The normalized spacial score (nSPS) is 18.7. The Hall–Kier alpha value is -4.00. The molecule has 0 saturated heterocycles. The fraction of sp³-hybridized carbons (Fsp3) is 0.286. The zero-order chi connectivity index (χ0) is 24.2. The van der Waals surface area contributed by atoms with Crippen LogP contribution < -0.4 is 9.47 Å². The van der Waals surface area contributed by atoms with Crippen LogP contribution in [0.3, 0.4) is 0 Å². The van der Waals surface area contributed by atoms with Gasteiger partial charge in [0.15, 0.2) is 17.3 Å². The molecular formula is C28H26N4O3. The third-order valence-electron chi connectivity index (χ3n) is 6.76. The minimum atomic E-state index is -0.340. The summed E-state index contributed by atoms with van der Waals surface area (Å²) in [5, 5.41) is 4.68. The van der Waals surface area contributed by atoms with Gasteiger partial charge >= 0.3 is 0 Å². The topological polar surface area (TPSA) is 78.6 Å². The largest absolute Gasteiger partial charge is 0.497 e. The highest BCUT2D eigenvalue weighted by atomic mass is 16.5. The lowest BCUT2D eigenvalue weighted by molar-refractivity contribution is -0.118. The number of rotatable bonds is 4. The Morgan fingerprint density at radius 1 is 1.09 bits per heavy atom. The smallest absolute Gasteiger partial charge is 0.228 e. The predicted molar refractivity (Wildman–Crippen MR) is 131 cm³/mol. The number of Topliss-reactive ketones (excluding diaryl/α,β-unsaturated/α-hetero) is 1. The van der Waals surface area contributed by atoms with E-state index >= 15 is 0 Å². The van der Waals surface area contributed by atoms with Crippen LogP contribution in [-0.2, 0) is 11.2 Å². The van der Waals surface area contributed by atoms with Crippen LogP contribution in [0.15, 0.2) is 72.3 Å². The first-order valence-electron chi connectivity index (χ1n) is 11.8. The summed E-state index contributed by atoms with van der Waals surface area (Å²) >= 11 is 0. The molecule has 7 heteroatoms. The summed E-state index contributed by atoms with van der Waals surface area (Å²) in [5.74, 6) is 2.41. The molecule has 4 aromatic rings. The van der Waals surface area contributed by atoms with Gasteiger partial charge in [-0.3, -0.25) is 4.79 Å². The average Bonchev–Trinajstić information content (AvgIpc) is 3.25. The second-order valence-corrected chi connectivity index (χ2v) is 10.0. The molecule has 1 aliphatic heterocycles. The van der Waals surface area contributed by atoms with Gasteiger partial charge in [0.2, 0.25) is 5.88 Å². The summed E-state index contributed by atoms with van der Waals surface area (Å²) in [7, 11) is 1.64. The Labute approximate surface area is 203 Å². The van der Waals surface area contributed by atoms with Crippen molar-refractivity contribution in [3.8, 4) is 11.6 Å². The summed E-state index contributed by atoms with van der Waals surface area (Å²) in [6.45, 7) is 4.20. The van der Waals surface area contributed by atoms with Crippen molar-refractivity contribution in [1.29, 1.82) is 0 Å². The van der Waals surface area contributed by atoms with E-state index in [4.69, 9.17) is 14.5 Å². The quantitative estimate of drug-likeness (QED) is 0.426. The molecule has 0 amide bonds. The van der Waals surface area contributed by atoms with E-state index < -0.39 is 0 Å². The maximum absolute atomic E-state index is 13.5. The lowest BCUT2D eigenvalue weighted by Crippen LogP contribution is -2.33. The van der Waals surface area contributed by atoms with Gasteiger partial charge in [0.05, 0.1) is 12.7 Å². The van der Waals surface area contributed by atoms with Crippen molar-refractivity contribution in [3.05, 3.63) is 94.8 Å². The molecule has 6 rings (SSSR count). The second kappa shape index (κ2) is 8.05. The number of nitrogens with zero attached hydrogens (tertiary/aromatic N) is 4. The van der Waals surface area contributed by atoms with Crippen LogP contribution >= 0.6 is 0 Å². The first-order chi connectivity index (χ1) is 16.9. The Morgan fingerprint density at radius 2 is 1.86 bits per heavy atom. The maximum Gasteiger partial charge on any atom is 0.228 e. The monoisotopic (exact) mass is 466 g/mol. The zero-order valence-electron chi connectivity index (χ0n) is 20.0. The molecule has 2 aromatic carbocycles. The van der Waals surface area contributed by atoms with E-state index in [2.05, 4.69) is 36.1 Å². The van der Waals surface area contributed by atoms with E-state index in [0.29, 0.717) is 47.9 Å². The molecule has 2 aromatic heterocycles. The van der Waals surface area contributed by atoms with Crippen molar-refractivity contribution >= 4 is 11.4 Å². The van der Waals surface area contributed by atoms with Gasteiger partial charge in [-0.2, -0.15) is 0 Å². The number of carbonyl (C=O) groups is 1. The summed E-state index contributed by atoms with van der Waals surface area (Å²) in [6, 6.07) is 18.0. The summed E-state index contributed by atoms with van der Waals surface area (Å²) < 4.78 is 13.4. The van der Waals surface area contributed by atoms with E-state index in [1.54, 1.807) is 18.0 Å². The Bertz CT molecular complexity index is 1470. The highest BCUT2D eigenvalue weighted by Crippen LogP contribution is 2.50. The van der Waals surface area contributed by atoms with Crippen LogP contribution in [0.2, 0.25) is 0 Å². The van der Waals surface area contributed by atoms with Gasteiger partial charge in [-0.15, -0.1) is 5.10 Å². The van der Waals surface area contributed by atoms with E-state index in [0.717, 1.165) is 22.4 Å². The van der Waals surface area contributed by atoms with Crippen LogP contribution in [0, 0.1) is 5.41 Å². The molecule has 1 unspecified atom stereocenters. The van der Waals surface area contributed by atoms with Gasteiger partial charge in [0.1, 0.15) is 17.8 Å². The molecule has 176 valence electrons. The first-order valence-corrected chi connectivity index (χ1v) is 11.8. The lowest BCUT2D eigenvalue weighted by atomic mass is 9.70. The minimum absolute atomic E-state index is 0.105. The molecule has 2 aliphatic rings. The number of ether oxygens (including phenoxy) is 2. The van der Waals surface area contributed by atoms with E-state index in [1.807, 2.05) is 42.5 Å². The third-order valence-corrected chi connectivity index (χ3v) is 6.76. The number of allylic oxidation sites excluding steroid dienone is 2. The molecule has 0 fully saturated rings. The number of carbonyl (C=O) groups excluding carboxylic acids is 1. The first kappa shape index (κ1) is 21.5. The second-order valence-electron chi connectivity index (χ2n) is 10.0. The predicted octanol–water partition coefficient (Wildman–Crippen LogP) is 4.89. The van der Waals surface area contributed by atoms with Crippen molar-refractivity contribution in [2.45, 2.75) is 39.0 Å². The van der Waals surface area contributed by atoms with E-state index in [1.165, 1.54) is 0 Å². The van der Waals surface area contributed by atoms with Crippen molar-refractivity contribution in [2.75, 3.05) is 7.11 Å². The number of hydrogen-bond donors (Lipinski definition) is 0. The Balaban J connectivity index is 1.53. The standard InChI is InChI=1S/C28H26N4O3/c1-28(2)14-20(33)24-21(15-28)35-27-25(23(24)18-9-11-19(34-3)12-10-18)26-30-22(31-32(26)16-29-27)13-17-7-5-4-6-8-17/h4-12,16,23H,13-15H2,1-3H3. The van der Waals surface area contributed by atoms with Gasteiger partial charge in [-0.05, 0) is 28.7 Å². The molecule has 35 heavy (non-hydrogen) atoms. The SMILES string of the molecule is COc1ccc(C2C3=C(CC(C)(C)CC3=O)Oc3ncn4nc(Cc5ccccc5)nc4c32)cc1. The zero-order valence-corrected chi connectivity index (χ0v) is 20.0. The molecule has 0 N–H and O–H groups in total. The van der Waals surface area contributed by atoms with E-state index in [9.17, 15) is 4.79 Å². The number of fused-ring (bicyclic) bond motifs is 3. The number of methoxy groups -OCH3 is 1. The van der Waals surface area contributed by atoms with Crippen LogP contribution in [0.4, 0.5) is 0 Å². The molecule has 0 bridgehead atoms. The summed E-state index contributed by atoms with van der Waals surface area (Å²) in [5.41, 5.74) is 4.06. The molecule has 7 nitrogen and oxygen atoms in total. The van der Waals surface area contributed by atoms with Crippen molar-refractivity contribution in [2.24, 2.45) is 5.41 Å². The van der Waals surface area contributed by atoms with Gasteiger partial charge in [0, 0.05) is 30.8 Å². The van der Waals surface area contributed by atoms with E-state index in [-0.39, 0.29) is 17.1 Å². The van der Waals surface area contributed by atoms with Crippen molar-refractivity contribution < 1.29 is 14.3 Å². The molecule has 1 atom stereocenters. The molecule has 0 spiro atoms. The molecule has 0 saturated carbocycles. The van der Waals surface area contributed by atoms with Gasteiger partial charge in [-0.25, -0.2) is 14.5 Å². The lowest BCUT2D eigenvalue weighted by Gasteiger charge is -2.37. The molecular weight excluding hydrogens is 440 g/mol. The Kier molecular flexibility index (Phi) is 4.95. The number of ketones is 1. The fourth-order valence-electron chi connectivity index (χ4n) is 5.17.